The monoisotopic (exact) mass is 993 g/mol. The summed E-state index contributed by atoms with van der Waals surface area (Å²) in [5, 5.41) is 0. The van der Waals surface area contributed by atoms with Gasteiger partial charge in [-0.3, -0.25) is 14.4 Å². The molecule has 0 aromatic carbocycles. The first-order chi connectivity index (χ1) is 35.0. The van der Waals surface area contributed by atoms with Crippen LogP contribution in [0.5, 0.6) is 0 Å². The zero-order chi connectivity index (χ0) is 51.4. The summed E-state index contributed by atoms with van der Waals surface area (Å²) in [7, 11) is 0. The van der Waals surface area contributed by atoms with Crippen molar-refractivity contribution >= 4 is 17.9 Å². The highest BCUT2D eigenvalue weighted by molar-refractivity contribution is 5.71. The molecule has 0 heterocycles. The van der Waals surface area contributed by atoms with E-state index in [4.69, 9.17) is 14.2 Å². The largest absolute Gasteiger partial charge is 0.462 e. The minimum absolute atomic E-state index is 0.0771. The van der Waals surface area contributed by atoms with Crippen molar-refractivity contribution in [3.05, 3.63) is 60.8 Å². The van der Waals surface area contributed by atoms with E-state index in [-0.39, 0.29) is 31.1 Å². The molecule has 0 bridgehead atoms. The minimum atomic E-state index is -0.779. The van der Waals surface area contributed by atoms with Gasteiger partial charge in [0.15, 0.2) is 6.10 Å². The van der Waals surface area contributed by atoms with E-state index >= 15 is 0 Å². The van der Waals surface area contributed by atoms with Gasteiger partial charge in [0.05, 0.1) is 0 Å². The van der Waals surface area contributed by atoms with Gasteiger partial charge in [-0.2, -0.15) is 0 Å². The van der Waals surface area contributed by atoms with E-state index in [0.717, 1.165) is 70.6 Å². The predicted octanol–water partition coefficient (Wildman–Crippen LogP) is 20.8. The standard InChI is InChI=1S/C65H116O6/c1-4-7-10-13-16-19-22-25-28-30-32-34-37-40-43-46-49-52-55-58-64(67)70-61-62(60-69-63(66)57-54-51-48-45-42-39-36-27-24-21-18-15-12-9-6-3)71-65(68)59-56-53-50-47-44-41-38-35-33-31-29-26-23-20-17-14-11-8-5-2/h9,12,15-16,18-19,21-22,24-25,62H,4-8,10-11,13-14,17,20,23,26-61H2,1-3H3/b12-9-,18-15-,19-16-,24-21-,25-22-. The lowest BCUT2D eigenvalue weighted by molar-refractivity contribution is -0.167. The molecule has 6 heteroatoms. The number of carbonyl (C=O) groups excluding carboxylic acids is 3. The summed E-state index contributed by atoms with van der Waals surface area (Å²) >= 11 is 0. The first kappa shape index (κ1) is 68.1. The van der Waals surface area contributed by atoms with E-state index in [0.29, 0.717) is 19.3 Å². The van der Waals surface area contributed by atoms with Crippen LogP contribution < -0.4 is 0 Å². The Kier molecular flexibility index (Phi) is 57.2. The van der Waals surface area contributed by atoms with Crippen molar-refractivity contribution in [1.29, 1.82) is 0 Å². The minimum Gasteiger partial charge on any atom is -0.462 e. The van der Waals surface area contributed by atoms with Crippen LogP contribution in [0.4, 0.5) is 0 Å². The number of rotatable bonds is 56. The van der Waals surface area contributed by atoms with Crippen molar-refractivity contribution in [1.82, 2.24) is 0 Å². The maximum Gasteiger partial charge on any atom is 0.306 e. The van der Waals surface area contributed by atoms with Crippen LogP contribution >= 0.6 is 0 Å². The lowest BCUT2D eigenvalue weighted by Crippen LogP contribution is -2.30. The molecule has 0 saturated carbocycles. The average molecular weight is 994 g/mol. The van der Waals surface area contributed by atoms with Crippen LogP contribution in [0, 0.1) is 0 Å². The van der Waals surface area contributed by atoms with Gasteiger partial charge in [-0.05, 0) is 64.2 Å². The van der Waals surface area contributed by atoms with Crippen molar-refractivity contribution in [2.45, 2.75) is 322 Å². The van der Waals surface area contributed by atoms with Crippen molar-refractivity contribution in [3.63, 3.8) is 0 Å². The lowest BCUT2D eigenvalue weighted by atomic mass is 10.0. The number of carbonyl (C=O) groups is 3. The molecule has 0 aliphatic carbocycles. The zero-order valence-corrected chi connectivity index (χ0v) is 47.2. The SMILES string of the molecule is CC\C=C/C=C\C=C/CCCCCCCCCC(=O)OCC(COC(=O)CCCCCCCCCCCC/C=C\C=C/CCCCC)OC(=O)CCCCCCCCCCCCCCCCCCCCC. The van der Waals surface area contributed by atoms with Crippen LogP contribution in [-0.2, 0) is 28.6 Å². The number of ether oxygens (including phenoxy) is 3. The summed E-state index contributed by atoms with van der Waals surface area (Å²) in [4.78, 5) is 38.3. The Morgan fingerprint density at radius 2 is 0.549 bits per heavy atom. The molecule has 0 N–H and O–H groups in total. The third kappa shape index (κ3) is 57.9. The topological polar surface area (TPSA) is 78.9 Å². The van der Waals surface area contributed by atoms with Crippen molar-refractivity contribution in [2.24, 2.45) is 0 Å². The molecular formula is C65H116O6. The van der Waals surface area contributed by atoms with Crippen LogP contribution in [-0.4, -0.2) is 37.2 Å². The second-order valence-corrected chi connectivity index (χ2v) is 20.7. The summed E-state index contributed by atoms with van der Waals surface area (Å²) in [6.45, 7) is 6.52. The molecular weight excluding hydrogens is 877 g/mol. The fraction of sp³-hybridized carbons (Fsp3) is 0.800. The van der Waals surface area contributed by atoms with E-state index in [9.17, 15) is 14.4 Å². The Morgan fingerprint density at radius 3 is 0.887 bits per heavy atom. The number of unbranched alkanes of at least 4 members (excludes halogenated alkanes) is 38. The molecule has 0 saturated heterocycles. The molecule has 0 rings (SSSR count). The third-order valence-electron chi connectivity index (χ3n) is 13.6. The summed E-state index contributed by atoms with van der Waals surface area (Å²) < 4.78 is 16.9. The number of hydrogen-bond acceptors (Lipinski definition) is 6. The van der Waals surface area contributed by atoms with Crippen LogP contribution in [0.15, 0.2) is 60.8 Å². The smallest absolute Gasteiger partial charge is 0.306 e. The molecule has 0 fully saturated rings. The molecule has 1 unspecified atom stereocenters. The van der Waals surface area contributed by atoms with Crippen LogP contribution in [0.1, 0.15) is 316 Å². The molecule has 0 aliphatic heterocycles. The summed E-state index contributed by atoms with van der Waals surface area (Å²) in [6.07, 6.45) is 75.0. The fourth-order valence-electron chi connectivity index (χ4n) is 8.97. The maximum atomic E-state index is 12.9. The second kappa shape index (κ2) is 59.7. The molecule has 412 valence electrons. The van der Waals surface area contributed by atoms with E-state index in [1.54, 1.807) is 0 Å². The van der Waals surface area contributed by atoms with Gasteiger partial charge in [-0.15, -0.1) is 0 Å². The van der Waals surface area contributed by atoms with E-state index in [2.05, 4.69) is 81.5 Å². The normalized spacial score (nSPS) is 12.4. The lowest BCUT2D eigenvalue weighted by Gasteiger charge is -2.18. The van der Waals surface area contributed by atoms with Gasteiger partial charge in [-0.25, -0.2) is 0 Å². The molecule has 6 nitrogen and oxygen atoms in total. The van der Waals surface area contributed by atoms with Gasteiger partial charge in [-0.1, -0.05) is 293 Å². The zero-order valence-electron chi connectivity index (χ0n) is 47.2. The summed E-state index contributed by atoms with van der Waals surface area (Å²) in [5.74, 6) is -0.875. The van der Waals surface area contributed by atoms with Crippen LogP contribution in [0.3, 0.4) is 0 Å². The molecule has 0 aromatic rings. The van der Waals surface area contributed by atoms with Crippen molar-refractivity contribution in [3.8, 4) is 0 Å². The van der Waals surface area contributed by atoms with E-state index in [1.165, 1.54) is 205 Å². The molecule has 0 radical (unpaired) electrons. The van der Waals surface area contributed by atoms with Crippen LogP contribution in [0.25, 0.3) is 0 Å². The Morgan fingerprint density at radius 1 is 0.296 bits per heavy atom. The van der Waals surface area contributed by atoms with Crippen LogP contribution in [0.2, 0.25) is 0 Å². The second-order valence-electron chi connectivity index (χ2n) is 20.7. The predicted molar refractivity (Wildman–Crippen MR) is 307 cm³/mol. The quantitative estimate of drug-likeness (QED) is 0.0261. The highest BCUT2D eigenvalue weighted by atomic mass is 16.6. The molecule has 0 aliphatic rings. The highest BCUT2D eigenvalue weighted by Crippen LogP contribution is 2.17. The average Bonchev–Trinajstić information content (AvgIpc) is 3.37. The molecule has 0 aromatic heterocycles. The first-order valence-corrected chi connectivity index (χ1v) is 30.8. The molecule has 1 atom stereocenters. The number of allylic oxidation sites excluding steroid dienone is 10. The van der Waals surface area contributed by atoms with Gasteiger partial charge < -0.3 is 14.2 Å². The highest BCUT2D eigenvalue weighted by Gasteiger charge is 2.19. The van der Waals surface area contributed by atoms with Crippen molar-refractivity contribution < 1.29 is 28.6 Å². The first-order valence-electron chi connectivity index (χ1n) is 30.8. The Balaban J connectivity index is 4.35. The van der Waals surface area contributed by atoms with E-state index in [1.807, 2.05) is 0 Å². The van der Waals surface area contributed by atoms with E-state index < -0.39 is 6.10 Å². The van der Waals surface area contributed by atoms with Gasteiger partial charge in [0.2, 0.25) is 0 Å². The summed E-state index contributed by atoms with van der Waals surface area (Å²) in [5.41, 5.74) is 0. The molecule has 0 amide bonds. The van der Waals surface area contributed by atoms with Gasteiger partial charge in [0.25, 0.3) is 0 Å². The molecule has 0 spiro atoms. The Bertz CT molecular complexity index is 1280. The van der Waals surface area contributed by atoms with Gasteiger partial charge in [0, 0.05) is 19.3 Å². The Labute approximate surface area is 440 Å². The van der Waals surface area contributed by atoms with Gasteiger partial charge in [0.1, 0.15) is 13.2 Å². The molecule has 71 heavy (non-hydrogen) atoms. The number of hydrogen-bond donors (Lipinski definition) is 0. The Hall–Kier alpha value is -2.89. The maximum absolute atomic E-state index is 12.9. The van der Waals surface area contributed by atoms with Gasteiger partial charge >= 0.3 is 17.9 Å². The fourth-order valence-corrected chi connectivity index (χ4v) is 8.97. The van der Waals surface area contributed by atoms with Crippen molar-refractivity contribution in [2.75, 3.05) is 13.2 Å². The summed E-state index contributed by atoms with van der Waals surface area (Å²) in [6, 6.07) is 0. The third-order valence-corrected chi connectivity index (χ3v) is 13.6. The number of esters is 3.